The average Bonchev–Trinajstić information content (AvgIpc) is 3.36. The minimum absolute atomic E-state index is 0. The fourth-order valence-electron chi connectivity index (χ4n) is 4.23. The summed E-state index contributed by atoms with van der Waals surface area (Å²) < 4.78 is 1.91. The van der Waals surface area contributed by atoms with E-state index < -0.39 is 0 Å². The zero-order valence-corrected chi connectivity index (χ0v) is 20.0. The van der Waals surface area contributed by atoms with Gasteiger partial charge in [-0.05, 0) is 40.0 Å². The van der Waals surface area contributed by atoms with Gasteiger partial charge in [0.2, 0.25) is 5.91 Å². The number of aryl methyl sites for hydroxylation is 2. The molecule has 1 aliphatic heterocycles. The Morgan fingerprint density at radius 2 is 1.96 bits per heavy atom. The zero-order valence-electron chi connectivity index (χ0n) is 17.6. The lowest BCUT2D eigenvalue weighted by atomic mass is 10.1. The van der Waals surface area contributed by atoms with E-state index in [1.807, 2.05) is 23.6 Å². The number of nitrogens with one attached hydrogen (secondary N) is 2. The van der Waals surface area contributed by atoms with E-state index in [-0.39, 0.29) is 35.9 Å². The fourth-order valence-corrected chi connectivity index (χ4v) is 4.23. The number of rotatable bonds is 5. The van der Waals surface area contributed by atoms with Gasteiger partial charge in [-0.1, -0.05) is 12.8 Å². The summed E-state index contributed by atoms with van der Waals surface area (Å²) in [6, 6.07) is 0.268. The number of amides is 1. The van der Waals surface area contributed by atoms with Crippen LogP contribution in [0.2, 0.25) is 0 Å². The number of carbonyl (C=O) groups is 1. The van der Waals surface area contributed by atoms with Gasteiger partial charge in [0.25, 0.3) is 0 Å². The predicted octanol–water partition coefficient (Wildman–Crippen LogP) is 2.50. The molecule has 2 aliphatic rings. The number of carbonyl (C=O) groups excluding carboxylic acids is 1. The molecule has 158 valence electrons. The Bertz CT molecular complexity index is 695. The van der Waals surface area contributed by atoms with Crippen molar-refractivity contribution in [3.63, 3.8) is 0 Å². The molecule has 3 rings (SSSR count). The van der Waals surface area contributed by atoms with Crippen LogP contribution in [0.1, 0.15) is 56.0 Å². The molecule has 2 fully saturated rings. The van der Waals surface area contributed by atoms with Gasteiger partial charge in [-0.3, -0.25) is 9.48 Å². The third-order valence-corrected chi connectivity index (χ3v) is 5.94. The highest BCUT2D eigenvalue weighted by Gasteiger charge is 2.32. The van der Waals surface area contributed by atoms with E-state index in [1.54, 1.807) is 0 Å². The van der Waals surface area contributed by atoms with Crippen molar-refractivity contribution in [1.29, 1.82) is 0 Å². The molecule has 1 aliphatic carbocycles. The second kappa shape index (κ2) is 10.5. The Hall–Kier alpha value is -1.32. The van der Waals surface area contributed by atoms with E-state index in [1.165, 1.54) is 18.4 Å². The molecule has 0 bridgehead atoms. The van der Waals surface area contributed by atoms with Crippen LogP contribution in [0.25, 0.3) is 0 Å². The van der Waals surface area contributed by atoms with Gasteiger partial charge in [0.15, 0.2) is 5.96 Å². The van der Waals surface area contributed by atoms with Crippen molar-refractivity contribution in [3.05, 3.63) is 17.0 Å². The first-order chi connectivity index (χ1) is 13.0. The smallest absolute Gasteiger partial charge is 0.225 e. The quantitative estimate of drug-likeness (QED) is 0.369. The first-order valence-electron chi connectivity index (χ1n) is 10.3. The van der Waals surface area contributed by atoms with E-state index in [0.717, 1.165) is 56.2 Å². The van der Waals surface area contributed by atoms with E-state index in [9.17, 15) is 4.79 Å². The predicted molar refractivity (Wildman–Crippen MR) is 123 cm³/mol. The molecule has 7 nitrogen and oxygen atoms in total. The summed E-state index contributed by atoms with van der Waals surface area (Å²) in [6.07, 6.45) is 5.53. The van der Waals surface area contributed by atoms with Crippen LogP contribution in [0, 0.1) is 19.8 Å². The van der Waals surface area contributed by atoms with E-state index in [2.05, 4.69) is 29.6 Å². The molecule has 8 heteroatoms. The number of hydrogen-bond donors (Lipinski definition) is 2. The third kappa shape index (κ3) is 5.39. The molecule has 1 aromatic rings. The Kier molecular flexibility index (Phi) is 8.57. The Morgan fingerprint density at radius 1 is 1.25 bits per heavy atom. The van der Waals surface area contributed by atoms with Gasteiger partial charge in [0, 0.05) is 49.9 Å². The molecule has 0 radical (unpaired) electrons. The Balaban J connectivity index is 0.00000280. The number of hydrogen-bond acceptors (Lipinski definition) is 3. The van der Waals surface area contributed by atoms with Gasteiger partial charge in [-0.2, -0.15) is 5.10 Å². The maximum atomic E-state index is 12.6. The van der Waals surface area contributed by atoms with Crippen LogP contribution in [0.5, 0.6) is 0 Å². The van der Waals surface area contributed by atoms with E-state index >= 15 is 0 Å². The summed E-state index contributed by atoms with van der Waals surface area (Å²) in [5.41, 5.74) is 3.37. The summed E-state index contributed by atoms with van der Waals surface area (Å²) in [7, 11) is 1.97. The van der Waals surface area contributed by atoms with Crippen molar-refractivity contribution in [2.75, 3.05) is 19.6 Å². The van der Waals surface area contributed by atoms with Crippen LogP contribution in [-0.4, -0.2) is 52.2 Å². The van der Waals surface area contributed by atoms with Crippen LogP contribution in [0.3, 0.4) is 0 Å². The molecule has 1 aromatic heterocycles. The van der Waals surface area contributed by atoms with Crippen molar-refractivity contribution in [3.8, 4) is 0 Å². The van der Waals surface area contributed by atoms with Crippen LogP contribution < -0.4 is 10.6 Å². The van der Waals surface area contributed by atoms with Crippen molar-refractivity contribution in [2.24, 2.45) is 18.0 Å². The molecule has 1 atom stereocenters. The molecule has 1 saturated carbocycles. The fraction of sp³-hybridized carbons (Fsp3) is 0.750. The largest absolute Gasteiger partial charge is 0.357 e. The molecule has 1 saturated heterocycles. The number of aromatic nitrogens is 2. The lowest BCUT2D eigenvalue weighted by Crippen LogP contribution is -2.45. The van der Waals surface area contributed by atoms with Crippen LogP contribution in [0.15, 0.2) is 4.99 Å². The maximum absolute atomic E-state index is 12.6. The highest BCUT2D eigenvalue weighted by Crippen LogP contribution is 2.27. The lowest BCUT2D eigenvalue weighted by molar-refractivity contribution is -0.134. The Labute approximate surface area is 185 Å². The SMILES string of the molecule is CCNC(=NCc1c(C)nn(C)c1C)NC1CCN(C(=O)C2CCCC2)C1.I. The van der Waals surface area contributed by atoms with Crippen LogP contribution >= 0.6 is 24.0 Å². The molecule has 2 heterocycles. The lowest BCUT2D eigenvalue weighted by Gasteiger charge is -2.21. The number of nitrogens with zero attached hydrogens (tertiary/aromatic N) is 4. The molecule has 0 aromatic carbocycles. The molecule has 0 spiro atoms. The second-order valence-electron chi connectivity index (χ2n) is 7.86. The monoisotopic (exact) mass is 502 g/mol. The highest BCUT2D eigenvalue weighted by molar-refractivity contribution is 14.0. The van der Waals surface area contributed by atoms with Crippen molar-refractivity contribution in [1.82, 2.24) is 25.3 Å². The standard InChI is InChI=1S/C20H34N6O.HI/c1-5-21-20(22-12-18-14(2)24-25(4)15(18)3)23-17-10-11-26(13-17)19(27)16-8-6-7-9-16;/h16-17H,5-13H2,1-4H3,(H2,21,22,23);1H. The zero-order chi connectivity index (χ0) is 19.4. The summed E-state index contributed by atoms with van der Waals surface area (Å²) >= 11 is 0. The van der Waals surface area contributed by atoms with Crippen LogP contribution in [-0.2, 0) is 18.4 Å². The number of guanidine groups is 1. The summed E-state index contributed by atoms with van der Waals surface area (Å²) in [6.45, 7) is 9.24. The first-order valence-corrected chi connectivity index (χ1v) is 10.3. The van der Waals surface area contributed by atoms with Crippen molar-refractivity contribution < 1.29 is 4.79 Å². The molecule has 2 N–H and O–H groups in total. The van der Waals surface area contributed by atoms with Gasteiger partial charge < -0.3 is 15.5 Å². The van der Waals surface area contributed by atoms with Gasteiger partial charge in [0.05, 0.1) is 12.2 Å². The summed E-state index contributed by atoms with van der Waals surface area (Å²) in [5.74, 6) is 1.45. The first kappa shape index (κ1) is 23.0. The Morgan fingerprint density at radius 3 is 2.57 bits per heavy atom. The normalized spacial score (nSPS) is 20.4. The minimum atomic E-state index is 0. The molecular formula is C20H35IN6O. The number of halogens is 1. The van der Waals surface area contributed by atoms with Gasteiger partial charge in [-0.25, -0.2) is 4.99 Å². The summed E-state index contributed by atoms with van der Waals surface area (Å²) in [5, 5.41) is 11.3. The van der Waals surface area contributed by atoms with Gasteiger partial charge in [0.1, 0.15) is 0 Å². The highest BCUT2D eigenvalue weighted by atomic mass is 127. The molecular weight excluding hydrogens is 467 g/mol. The molecule has 28 heavy (non-hydrogen) atoms. The third-order valence-electron chi connectivity index (χ3n) is 5.94. The number of likely N-dealkylation sites (tertiary alicyclic amines) is 1. The van der Waals surface area contributed by atoms with E-state index in [4.69, 9.17) is 4.99 Å². The average molecular weight is 502 g/mol. The summed E-state index contributed by atoms with van der Waals surface area (Å²) in [4.78, 5) is 19.5. The number of aliphatic imine (C=N–C) groups is 1. The minimum Gasteiger partial charge on any atom is -0.357 e. The van der Waals surface area contributed by atoms with Crippen molar-refractivity contribution >= 4 is 35.8 Å². The molecule has 1 amide bonds. The topological polar surface area (TPSA) is 74.6 Å². The van der Waals surface area contributed by atoms with Crippen LogP contribution in [0.4, 0.5) is 0 Å². The maximum Gasteiger partial charge on any atom is 0.225 e. The van der Waals surface area contributed by atoms with E-state index in [0.29, 0.717) is 12.5 Å². The second-order valence-corrected chi connectivity index (χ2v) is 7.86. The van der Waals surface area contributed by atoms with Gasteiger partial charge in [-0.15, -0.1) is 24.0 Å². The molecule has 1 unspecified atom stereocenters. The van der Waals surface area contributed by atoms with Gasteiger partial charge >= 0.3 is 0 Å². The van der Waals surface area contributed by atoms with Crippen molar-refractivity contribution in [2.45, 2.75) is 65.5 Å².